The Kier molecular flexibility index (Phi) is 4.49. The number of hydrogen-bond donors (Lipinski definition) is 1. The Hall–Kier alpha value is -1.55. The van der Waals surface area contributed by atoms with Gasteiger partial charge in [-0.05, 0) is 56.1 Å². The number of hydrogen-bond acceptors (Lipinski definition) is 3. The third kappa shape index (κ3) is 3.16. The number of carbonyl (C=O) groups is 1. The van der Waals surface area contributed by atoms with Crippen LogP contribution in [-0.4, -0.2) is 22.7 Å². The fourth-order valence-corrected chi connectivity index (χ4v) is 5.50. The van der Waals surface area contributed by atoms with E-state index in [2.05, 4.69) is 23.3 Å². The van der Waals surface area contributed by atoms with E-state index in [-0.39, 0.29) is 5.91 Å². The molecule has 2 saturated carbocycles. The van der Waals surface area contributed by atoms with E-state index in [0.29, 0.717) is 17.7 Å². The highest BCUT2D eigenvalue weighted by Crippen LogP contribution is 2.49. The molecule has 2 bridgehead atoms. The van der Waals surface area contributed by atoms with Gasteiger partial charge in [-0.2, -0.15) is 0 Å². The predicted octanol–water partition coefficient (Wildman–Crippen LogP) is 4.27. The van der Waals surface area contributed by atoms with Gasteiger partial charge in [-0.3, -0.25) is 9.78 Å². The summed E-state index contributed by atoms with van der Waals surface area (Å²) in [7, 11) is 0. The zero-order valence-corrected chi connectivity index (χ0v) is 14.9. The molecule has 2 aromatic rings. The van der Waals surface area contributed by atoms with Crippen LogP contribution in [-0.2, 0) is 4.79 Å². The SMILES string of the molecule is CC(NC(=O)CSc1ccnc2ccccc12)C1CC2CCC1C2. The maximum absolute atomic E-state index is 12.4. The standard InChI is InChI=1S/C20H24N2OS/c1-13(17-11-14-6-7-15(17)10-14)22-20(23)12-24-19-8-9-21-18-5-3-2-4-16(18)19/h2-5,8-9,13-15,17H,6-7,10-12H2,1H3,(H,22,23). The van der Waals surface area contributed by atoms with E-state index in [1.165, 1.54) is 25.7 Å². The summed E-state index contributed by atoms with van der Waals surface area (Å²) in [6, 6.07) is 10.4. The number of fused-ring (bicyclic) bond motifs is 3. The Morgan fingerprint density at radius 3 is 2.96 bits per heavy atom. The third-order valence-corrected chi connectivity index (χ3v) is 6.87. The van der Waals surface area contributed by atoms with Gasteiger partial charge >= 0.3 is 0 Å². The van der Waals surface area contributed by atoms with Crippen LogP contribution in [0, 0.1) is 17.8 Å². The highest BCUT2D eigenvalue weighted by Gasteiger charge is 2.42. The quantitative estimate of drug-likeness (QED) is 0.827. The van der Waals surface area contributed by atoms with Gasteiger partial charge in [0.1, 0.15) is 0 Å². The van der Waals surface area contributed by atoms with Gasteiger partial charge in [0.25, 0.3) is 0 Å². The fraction of sp³-hybridized carbons (Fsp3) is 0.500. The number of amides is 1. The number of aromatic nitrogens is 1. The summed E-state index contributed by atoms with van der Waals surface area (Å²) in [6.07, 6.45) is 7.30. The molecule has 24 heavy (non-hydrogen) atoms. The molecule has 0 saturated heterocycles. The number of benzene rings is 1. The molecule has 1 heterocycles. The molecule has 1 aromatic carbocycles. The van der Waals surface area contributed by atoms with Crippen molar-refractivity contribution in [1.82, 2.24) is 10.3 Å². The normalized spacial score (nSPS) is 26.6. The van der Waals surface area contributed by atoms with Crippen molar-refractivity contribution in [3.63, 3.8) is 0 Å². The van der Waals surface area contributed by atoms with Crippen molar-refractivity contribution < 1.29 is 4.79 Å². The van der Waals surface area contributed by atoms with Crippen molar-refractivity contribution in [2.75, 3.05) is 5.75 Å². The molecule has 126 valence electrons. The van der Waals surface area contributed by atoms with Gasteiger partial charge in [-0.15, -0.1) is 11.8 Å². The Morgan fingerprint density at radius 2 is 2.17 bits per heavy atom. The first-order valence-electron chi connectivity index (χ1n) is 8.96. The molecule has 2 fully saturated rings. The van der Waals surface area contributed by atoms with Crippen LogP contribution in [0.5, 0.6) is 0 Å². The molecular weight excluding hydrogens is 316 g/mol. The van der Waals surface area contributed by atoms with Gasteiger partial charge in [-0.1, -0.05) is 24.6 Å². The number of nitrogens with one attached hydrogen (secondary N) is 1. The number of rotatable bonds is 5. The van der Waals surface area contributed by atoms with Crippen LogP contribution in [0.3, 0.4) is 0 Å². The third-order valence-electron chi connectivity index (χ3n) is 5.79. The highest BCUT2D eigenvalue weighted by atomic mass is 32.2. The second-order valence-corrected chi connectivity index (χ2v) is 8.33. The summed E-state index contributed by atoms with van der Waals surface area (Å²) in [5.41, 5.74) is 0.984. The molecule has 0 aliphatic heterocycles. The zero-order valence-electron chi connectivity index (χ0n) is 14.1. The van der Waals surface area contributed by atoms with E-state index >= 15 is 0 Å². The molecule has 1 amide bonds. The van der Waals surface area contributed by atoms with E-state index in [1.54, 1.807) is 11.8 Å². The van der Waals surface area contributed by atoms with E-state index in [0.717, 1.165) is 27.6 Å². The van der Waals surface area contributed by atoms with Crippen molar-refractivity contribution in [3.8, 4) is 0 Å². The molecule has 4 atom stereocenters. The molecule has 0 spiro atoms. The smallest absolute Gasteiger partial charge is 0.230 e. The van der Waals surface area contributed by atoms with Crippen molar-refractivity contribution in [3.05, 3.63) is 36.5 Å². The first-order valence-corrected chi connectivity index (χ1v) is 9.95. The second kappa shape index (κ2) is 6.75. The van der Waals surface area contributed by atoms with Crippen LogP contribution >= 0.6 is 11.8 Å². The summed E-state index contributed by atoms with van der Waals surface area (Å²) in [6.45, 7) is 2.19. The Balaban J connectivity index is 1.34. The Bertz CT molecular complexity index is 742. The lowest BCUT2D eigenvalue weighted by Gasteiger charge is -2.28. The summed E-state index contributed by atoms with van der Waals surface area (Å²) in [5, 5.41) is 4.37. The van der Waals surface area contributed by atoms with Crippen molar-refractivity contribution in [2.24, 2.45) is 17.8 Å². The number of nitrogens with zero attached hydrogens (tertiary/aromatic N) is 1. The number of para-hydroxylation sites is 1. The van der Waals surface area contributed by atoms with Gasteiger partial charge in [0, 0.05) is 22.5 Å². The van der Waals surface area contributed by atoms with Crippen LogP contribution in [0.4, 0.5) is 0 Å². The zero-order chi connectivity index (χ0) is 16.5. The maximum Gasteiger partial charge on any atom is 0.230 e. The molecule has 2 aliphatic carbocycles. The van der Waals surface area contributed by atoms with Crippen molar-refractivity contribution in [1.29, 1.82) is 0 Å². The number of pyridine rings is 1. The summed E-state index contributed by atoms with van der Waals surface area (Å²) in [5.74, 6) is 3.09. The minimum Gasteiger partial charge on any atom is -0.353 e. The molecule has 2 aliphatic rings. The van der Waals surface area contributed by atoms with E-state index in [1.807, 2.05) is 30.5 Å². The van der Waals surface area contributed by atoms with Gasteiger partial charge < -0.3 is 5.32 Å². The highest BCUT2D eigenvalue weighted by molar-refractivity contribution is 8.00. The molecule has 0 radical (unpaired) electrons. The monoisotopic (exact) mass is 340 g/mol. The first-order chi connectivity index (χ1) is 11.7. The molecule has 4 heteroatoms. The van der Waals surface area contributed by atoms with Crippen LogP contribution in [0.1, 0.15) is 32.6 Å². The Morgan fingerprint density at radius 1 is 1.29 bits per heavy atom. The lowest BCUT2D eigenvalue weighted by Crippen LogP contribution is -2.40. The van der Waals surface area contributed by atoms with Crippen molar-refractivity contribution >= 4 is 28.6 Å². The average Bonchev–Trinajstić information content (AvgIpc) is 3.23. The minimum absolute atomic E-state index is 0.149. The van der Waals surface area contributed by atoms with Crippen LogP contribution < -0.4 is 5.32 Å². The van der Waals surface area contributed by atoms with Gasteiger partial charge in [-0.25, -0.2) is 0 Å². The molecule has 1 aromatic heterocycles. The topological polar surface area (TPSA) is 42.0 Å². The first kappa shape index (κ1) is 15.9. The Labute approximate surface area is 147 Å². The molecule has 4 unspecified atom stereocenters. The summed E-state index contributed by atoms with van der Waals surface area (Å²) in [4.78, 5) is 17.9. The van der Waals surface area contributed by atoms with Gasteiger partial charge in [0.05, 0.1) is 11.3 Å². The summed E-state index contributed by atoms with van der Waals surface area (Å²) < 4.78 is 0. The molecular formula is C20H24N2OS. The lowest BCUT2D eigenvalue weighted by molar-refractivity contribution is -0.119. The largest absolute Gasteiger partial charge is 0.353 e. The molecule has 1 N–H and O–H groups in total. The maximum atomic E-state index is 12.4. The van der Waals surface area contributed by atoms with E-state index in [4.69, 9.17) is 0 Å². The molecule has 3 nitrogen and oxygen atoms in total. The van der Waals surface area contributed by atoms with Crippen LogP contribution in [0.2, 0.25) is 0 Å². The van der Waals surface area contributed by atoms with E-state index < -0.39 is 0 Å². The van der Waals surface area contributed by atoms with Crippen molar-refractivity contribution in [2.45, 2.75) is 43.5 Å². The average molecular weight is 340 g/mol. The lowest BCUT2D eigenvalue weighted by atomic mass is 9.84. The predicted molar refractivity (Wildman–Crippen MR) is 99.0 cm³/mol. The van der Waals surface area contributed by atoms with Gasteiger partial charge in [0.2, 0.25) is 5.91 Å². The minimum atomic E-state index is 0.149. The van der Waals surface area contributed by atoms with Crippen LogP contribution in [0.15, 0.2) is 41.4 Å². The van der Waals surface area contributed by atoms with E-state index in [9.17, 15) is 4.79 Å². The fourth-order valence-electron chi connectivity index (χ4n) is 4.65. The molecule has 4 rings (SSSR count). The second-order valence-electron chi connectivity index (χ2n) is 7.31. The van der Waals surface area contributed by atoms with Gasteiger partial charge in [0.15, 0.2) is 0 Å². The number of carbonyl (C=O) groups excluding carboxylic acids is 1. The summed E-state index contributed by atoms with van der Waals surface area (Å²) >= 11 is 1.61. The van der Waals surface area contributed by atoms with Crippen LogP contribution in [0.25, 0.3) is 10.9 Å². The number of thioether (sulfide) groups is 1.